The normalized spacial score (nSPS) is 12.6. The molecule has 0 saturated heterocycles. The Morgan fingerprint density at radius 3 is 1.44 bits per heavy atom. The summed E-state index contributed by atoms with van der Waals surface area (Å²) >= 11 is 0. The minimum atomic E-state index is -0.474. The molecule has 0 aliphatic heterocycles. The molecule has 0 aromatic heterocycles. The fraction of sp³-hybridized carbons (Fsp3) is 0.333. The zero-order valence-corrected chi connectivity index (χ0v) is 21.5. The summed E-state index contributed by atoms with van der Waals surface area (Å²) in [6, 6.07) is 17.0. The van der Waals surface area contributed by atoms with Crippen LogP contribution < -0.4 is 10.6 Å². The summed E-state index contributed by atoms with van der Waals surface area (Å²) < 4.78 is 0. The van der Waals surface area contributed by atoms with E-state index in [1.54, 1.807) is 48.5 Å². The van der Waals surface area contributed by atoms with Crippen LogP contribution in [0, 0.1) is 0 Å². The number of phenolic OH excluding ortho intramolecular Hbond substituents is 2. The van der Waals surface area contributed by atoms with Crippen LogP contribution in [0.5, 0.6) is 11.5 Å². The molecule has 3 rings (SSSR count). The first-order valence-corrected chi connectivity index (χ1v) is 12.6. The van der Waals surface area contributed by atoms with Gasteiger partial charge in [0.05, 0.1) is 22.5 Å². The summed E-state index contributed by atoms with van der Waals surface area (Å²) in [5, 5.41) is 26.3. The van der Waals surface area contributed by atoms with Crippen molar-refractivity contribution in [2.45, 2.75) is 65.2 Å². The van der Waals surface area contributed by atoms with Crippen LogP contribution in [0.3, 0.4) is 0 Å². The van der Waals surface area contributed by atoms with E-state index in [0.29, 0.717) is 11.4 Å². The number of hydrogen-bond acceptors (Lipinski definition) is 4. The van der Waals surface area contributed by atoms with Crippen LogP contribution in [0.25, 0.3) is 0 Å². The van der Waals surface area contributed by atoms with Gasteiger partial charge in [0.1, 0.15) is 11.5 Å². The fourth-order valence-corrected chi connectivity index (χ4v) is 4.36. The molecule has 0 spiro atoms. The zero-order valence-electron chi connectivity index (χ0n) is 21.5. The van der Waals surface area contributed by atoms with Gasteiger partial charge in [-0.3, -0.25) is 9.59 Å². The molecule has 2 atom stereocenters. The quantitative estimate of drug-likeness (QED) is 0.239. The molecule has 3 aromatic carbocycles. The Labute approximate surface area is 213 Å². The van der Waals surface area contributed by atoms with Crippen LogP contribution in [0.2, 0.25) is 0 Å². The number of rotatable bonds is 10. The minimum absolute atomic E-state index is 0.107. The lowest BCUT2D eigenvalue weighted by Gasteiger charge is -2.16. The topological polar surface area (TPSA) is 98.7 Å². The highest BCUT2D eigenvalue weighted by atomic mass is 16.3. The Bertz CT molecular complexity index is 1130. The molecule has 36 heavy (non-hydrogen) atoms. The number of carbonyl (C=O) groups excluding carboxylic acids is 2. The number of nitrogens with one attached hydrogen (secondary N) is 2. The standard InChI is InChI=1S/C30H36N2O4/c1-5-9-19(3)21-13-15-27(33)23(17-21)29(35)31-25-11-7-8-12-26(25)32-30(36)24-18-22(14-16-28(24)34)20(4)10-6-2/h7-8,11-20,33-34H,5-6,9-10H2,1-4H3,(H,31,35)(H,32,36). The Morgan fingerprint density at radius 2 is 1.08 bits per heavy atom. The van der Waals surface area contributed by atoms with Gasteiger partial charge in [-0.05, 0) is 72.2 Å². The fourth-order valence-electron chi connectivity index (χ4n) is 4.36. The number of benzene rings is 3. The molecular weight excluding hydrogens is 452 g/mol. The van der Waals surface area contributed by atoms with Crippen molar-refractivity contribution in [3.63, 3.8) is 0 Å². The Kier molecular flexibility index (Phi) is 9.12. The summed E-state index contributed by atoms with van der Waals surface area (Å²) in [4.78, 5) is 26.2. The highest BCUT2D eigenvalue weighted by Crippen LogP contribution is 2.30. The first-order valence-electron chi connectivity index (χ1n) is 12.6. The third-order valence-electron chi connectivity index (χ3n) is 6.54. The Balaban J connectivity index is 1.83. The van der Waals surface area contributed by atoms with Crippen molar-refractivity contribution in [3.05, 3.63) is 82.9 Å². The molecule has 0 aliphatic carbocycles. The van der Waals surface area contributed by atoms with Crippen molar-refractivity contribution in [2.24, 2.45) is 0 Å². The van der Waals surface area contributed by atoms with Crippen LogP contribution in [0.1, 0.15) is 97.1 Å². The second kappa shape index (κ2) is 12.2. The van der Waals surface area contributed by atoms with Crippen molar-refractivity contribution in [1.82, 2.24) is 0 Å². The summed E-state index contributed by atoms with van der Waals surface area (Å²) in [7, 11) is 0. The van der Waals surface area contributed by atoms with E-state index < -0.39 is 11.8 Å². The molecular formula is C30H36N2O4. The minimum Gasteiger partial charge on any atom is -0.507 e. The van der Waals surface area contributed by atoms with Gasteiger partial charge in [0.15, 0.2) is 0 Å². The number of amides is 2. The monoisotopic (exact) mass is 488 g/mol. The molecule has 6 heteroatoms. The van der Waals surface area contributed by atoms with Gasteiger partial charge in [-0.2, -0.15) is 0 Å². The molecule has 0 bridgehead atoms. The van der Waals surface area contributed by atoms with Crippen molar-refractivity contribution in [2.75, 3.05) is 10.6 Å². The SMILES string of the molecule is CCCC(C)c1ccc(O)c(C(=O)Nc2ccccc2NC(=O)c2cc(C(C)CCC)ccc2O)c1. The molecule has 2 amide bonds. The third kappa shape index (κ3) is 6.45. The molecule has 3 aromatic rings. The highest BCUT2D eigenvalue weighted by Gasteiger charge is 2.19. The van der Waals surface area contributed by atoms with Crippen molar-refractivity contribution >= 4 is 23.2 Å². The lowest BCUT2D eigenvalue weighted by atomic mass is 9.94. The third-order valence-corrected chi connectivity index (χ3v) is 6.54. The van der Waals surface area contributed by atoms with Crippen LogP contribution in [0.4, 0.5) is 11.4 Å². The molecule has 6 nitrogen and oxygen atoms in total. The molecule has 190 valence electrons. The Hall–Kier alpha value is -3.80. The maximum Gasteiger partial charge on any atom is 0.259 e. The lowest BCUT2D eigenvalue weighted by Crippen LogP contribution is -2.17. The second-order valence-electron chi connectivity index (χ2n) is 9.39. The summed E-state index contributed by atoms with van der Waals surface area (Å²) in [6.45, 7) is 8.40. The van der Waals surface area contributed by atoms with Gasteiger partial charge in [-0.15, -0.1) is 0 Å². The predicted molar refractivity (Wildman–Crippen MR) is 145 cm³/mol. The van der Waals surface area contributed by atoms with Crippen LogP contribution in [-0.2, 0) is 0 Å². The Morgan fingerprint density at radius 1 is 0.694 bits per heavy atom. The van der Waals surface area contributed by atoms with Crippen LogP contribution in [0.15, 0.2) is 60.7 Å². The van der Waals surface area contributed by atoms with Gasteiger partial charge in [-0.1, -0.05) is 64.8 Å². The van der Waals surface area contributed by atoms with Gasteiger partial charge >= 0.3 is 0 Å². The van der Waals surface area contributed by atoms with Gasteiger partial charge in [0.2, 0.25) is 0 Å². The van der Waals surface area contributed by atoms with E-state index >= 15 is 0 Å². The number of anilines is 2. The first-order chi connectivity index (χ1) is 17.2. The number of aromatic hydroxyl groups is 2. The van der Waals surface area contributed by atoms with E-state index in [-0.39, 0.29) is 34.5 Å². The average Bonchev–Trinajstić information content (AvgIpc) is 2.85. The number of hydrogen-bond donors (Lipinski definition) is 4. The van der Waals surface area contributed by atoms with E-state index in [1.165, 1.54) is 0 Å². The molecule has 0 heterocycles. The van der Waals surface area contributed by atoms with Gasteiger partial charge < -0.3 is 20.8 Å². The number of para-hydroxylation sites is 2. The van der Waals surface area contributed by atoms with Crippen LogP contribution in [-0.4, -0.2) is 22.0 Å². The largest absolute Gasteiger partial charge is 0.507 e. The summed E-state index contributed by atoms with van der Waals surface area (Å²) in [5.41, 5.74) is 3.08. The number of phenols is 2. The summed E-state index contributed by atoms with van der Waals surface area (Å²) in [5.74, 6) is -0.640. The molecule has 0 saturated carbocycles. The van der Waals surface area contributed by atoms with E-state index in [9.17, 15) is 19.8 Å². The van der Waals surface area contributed by atoms with E-state index in [1.807, 2.05) is 12.1 Å². The maximum absolute atomic E-state index is 13.1. The smallest absolute Gasteiger partial charge is 0.259 e. The molecule has 0 aliphatic rings. The molecule has 2 unspecified atom stereocenters. The molecule has 0 fully saturated rings. The summed E-state index contributed by atoms with van der Waals surface area (Å²) in [6.07, 6.45) is 4.00. The van der Waals surface area contributed by atoms with Crippen molar-refractivity contribution in [3.8, 4) is 11.5 Å². The van der Waals surface area contributed by atoms with Crippen molar-refractivity contribution < 1.29 is 19.8 Å². The molecule has 4 N–H and O–H groups in total. The predicted octanol–water partition coefficient (Wildman–Crippen LogP) is 7.41. The number of carbonyl (C=O) groups is 2. The van der Waals surface area contributed by atoms with E-state index in [0.717, 1.165) is 36.8 Å². The first kappa shape index (κ1) is 26.8. The maximum atomic E-state index is 13.1. The average molecular weight is 489 g/mol. The van der Waals surface area contributed by atoms with Gasteiger partial charge in [0.25, 0.3) is 11.8 Å². The van der Waals surface area contributed by atoms with Crippen molar-refractivity contribution in [1.29, 1.82) is 0 Å². The highest BCUT2D eigenvalue weighted by molar-refractivity contribution is 6.11. The van der Waals surface area contributed by atoms with Gasteiger partial charge in [-0.25, -0.2) is 0 Å². The second-order valence-corrected chi connectivity index (χ2v) is 9.39. The van der Waals surface area contributed by atoms with Gasteiger partial charge in [0, 0.05) is 0 Å². The van der Waals surface area contributed by atoms with E-state index in [2.05, 4.69) is 38.3 Å². The lowest BCUT2D eigenvalue weighted by molar-refractivity contribution is 0.101. The van der Waals surface area contributed by atoms with E-state index in [4.69, 9.17) is 0 Å². The zero-order chi connectivity index (χ0) is 26.2. The molecule has 0 radical (unpaired) electrons. The van der Waals surface area contributed by atoms with Crippen LogP contribution >= 0.6 is 0 Å².